The third kappa shape index (κ3) is 3.84. The van der Waals surface area contributed by atoms with Crippen molar-refractivity contribution in [2.75, 3.05) is 25.0 Å². The van der Waals surface area contributed by atoms with Crippen LogP contribution in [0.25, 0.3) is 0 Å². The highest BCUT2D eigenvalue weighted by Crippen LogP contribution is 2.18. The number of anilines is 1. The summed E-state index contributed by atoms with van der Waals surface area (Å²) in [4.78, 5) is 13.9. The molecule has 1 aromatic rings. The molecule has 1 aromatic heterocycles. The smallest absolute Gasteiger partial charge is 0.268 e. The van der Waals surface area contributed by atoms with E-state index in [2.05, 4.69) is 18.9 Å². The average Bonchev–Trinajstić information content (AvgIpc) is 2.36. The van der Waals surface area contributed by atoms with Crippen LogP contribution in [0.15, 0.2) is 17.1 Å². The van der Waals surface area contributed by atoms with Gasteiger partial charge in [-0.1, -0.05) is 13.8 Å². The lowest BCUT2D eigenvalue weighted by atomic mass is 9.90. The summed E-state index contributed by atoms with van der Waals surface area (Å²) in [6.45, 7) is 8.30. The fourth-order valence-electron chi connectivity index (χ4n) is 1.49. The van der Waals surface area contributed by atoms with Gasteiger partial charge in [0, 0.05) is 26.2 Å². The van der Waals surface area contributed by atoms with Gasteiger partial charge in [-0.15, -0.1) is 0 Å². The summed E-state index contributed by atoms with van der Waals surface area (Å²) >= 11 is 0. The minimum atomic E-state index is -0.0550. The van der Waals surface area contributed by atoms with Crippen LogP contribution in [-0.4, -0.2) is 29.9 Å². The van der Waals surface area contributed by atoms with Crippen LogP contribution in [0, 0.1) is 5.41 Å². The molecule has 5 nitrogen and oxygen atoms in total. The van der Waals surface area contributed by atoms with Crippen molar-refractivity contribution in [3.05, 3.63) is 22.6 Å². The number of hydrogen-bond donors (Lipinski definition) is 1. The second-order valence-corrected chi connectivity index (χ2v) is 5.41. The molecule has 5 heteroatoms. The summed E-state index contributed by atoms with van der Waals surface area (Å²) in [7, 11) is 1.94. The molecular weight excluding hydrogens is 228 g/mol. The van der Waals surface area contributed by atoms with E-state index in [1.54, 1.807) is 12.3 Å². The summed E-state index contributed by atoms with van der Waals surface area (Å²) in [5, 5.41) is 4.21. The van der Waals surface area contributed by atoms with Gasteiger partial charge in [-0.3, -0.25) is 4.79 Å². The largest absolute Gasteiger partial charge is 0.373 e. The molecular formula is C13H24N4O. The maximum atomic E-state index is 11.9. The van der Waals surface area contributed by atoms with Crippen LogP contribution in [0.3, 0.4) is 0 Å². The zero-order valence-corrected chi connectivity index (χ0v) is 11.8. The summed E-state index contributed by atoms with van der Waals surface area (Å²) in [5.74, 6) is 0. The topological polar surface area (TPSA) is 64.2 Å². The molecule has 0 spiro atoms. The van der Waals surface area contributed by atoms with Crippen molar-refractivity contribution in [1.29, 1.82) is 0 Å². The lowest BCUT2D eigenvalue weighted by molar-refractivity contribution is 0.313. The van der Waals surface area contributed by atoms with Crippen LogP contribution in [-0.2, 0) is 6.54 Å². The first-order chi connectivity index (χ1) is 8.39. The second-order valence-electron chi connectivity index (χ2n) is 5.41. The number of rotatable bonds is 6. The van der Waals surface area contributed by atoms with Crippen molar-refractivity contribution in [2.45, 2.75) is 33.7 Å². The van der Waals surface area contributed by atoms with Crippen molar-refractivity contribution in [3.63, 3.8) is 0 Å². The molecule has 1 rings (SSSR count). The Balaban J connectivity index is 2.78. The molecule has 0 aliphatic rings. The van der Waals surface area contributed by atoms with Gasteiger partial charge in [0.05, 0.1) is 11.9 Å². The first-order valence-corrected chi connectivity index (χ1v) is 6.38. The molecule has 2 N–H and O–H groups in total. The van der Waals surface area contributed by atoms with Gasteiger partial charge in [-0.05, 0) is 25.3 Å². The molecule has 0 fully saturated rings. The molecule has 0 unspecified atom stereocenters. The van der Waals surface area contributed by atoms with E-state index in [4.69, 9.17) is 5.73 Å². The third-order valence-corrected chi connectivity index (χ3v) is 3.32. The van der Waals surface area contributed by atoms with Gasteiger partial charge in [0.25, 0.3) is 5.56 Å². The van der Waals surface area contributed by atoms with Crippen molar-refractivity contribution in [1.82, 2.24) is 9.78 Å². The Labute approximate surface area is 109 Å². The zero-order valence-electron chi connectivity index (χ0n) is 11.8. The number of aromatic nitrogens is 2. The first kappa shape index (κ1) is 14.7. The highest BCUT2D eigenvalue weighted by molar-refractivity contribution is 5.41. The Kier molecular flexibility index (Phi) is 4.90. The molecule has 0 saturated heterocycles. The van der Waals surface area contributed by atoms with Gasteiger partial charge >= 0.3 is 0 Å². The van der Waals surface area contributed by atoms with Gasteiger partial charge in [0.15, 0.2) is 0 Å². The van der Waals surface area contributed by atoms with E-state index in [0.717, 1.165) is 18.7 Å². The number of hydrogen-bond acceptors (Lipinski definition) is 4. The van der Waals surface area contributed by atoms with Crippen LogP contribution in [0.1, 0.15) is 27.2 Å². The predicted octanol–water partition coefficient (Wildman–Crippen LogP) is 1.07. The van der Waals surface area contributed by atoms with Gasteiger partial charge in [-0.2, -0.15) is 5.10 Å². The molecule has 0 aliphatic carbocycles. The number of nitrogens with zero attached hydrogens (tertiary/aromatic N) is 3. The lowest BCUT2D eigenvalue weighted by Crippen LogP contribution is -2.30. The Hall–Kier alpha value is -1.36. The number of nitrogens with two attached hydrogens (primary N) is 1. The van der Waals surface area contributed by atoms with E-state index in [0.29, 0.717) is 13.1 Å². The molecule has 0 aromatic carbocycles. The van der Waals surface area contributed by atoms with E-state index in [9.17, 15) is 4.79 Å². The molecule has 18 heavy (non-hydrogen) atoms. The lowest BCUT2D eigenvalue weighted by Gasteiger charge is -2.22. The van der Waals surface area contributed by atoms with E-state index >= 15 is 0 Å². The quantitative estimate of drug-likeness (QED) is 0.822. The van der Waals surface area contributed by atoms with Crippen LogP contribution < -0.4 is 16.2 Å². The second kappa shape index (κ2) is 6.00. The van der Waals surface area contributed by atoms with Crippen LogP contribution >= 0.6 is 0 Å². The summed E-state index contributed by atoms with van der Waals surface area (Å²) in [6, 6.07) is 1.63. The zero-order chi connectivity index (χ0) is 13.8. The summed E-state index contributed by atoms with van der Waals surface area (Å²) in [5.41, 5.74) is 6.52. The molecule has 1 heterocycles. The molecule has 0 bridgehead atoms. The van der Waals surface area contributed by atoms with Crippen molar-refractivity contribution < 1.29 is 0 Å². The maximum absolute atomic E-state index is 11.9. The molecule has 0 radical (unpaired) electrons. The maximum Gasteiger partial charge on any atom is 0.268 e. The average molecular weight is 252 g/mol. The highest BCUT2D eigenvalue weighted by Gasteiger charge is 2.16. The fourth-order valence-corrected chi connectivity index (χ4v) is 1.49. The predicted molar refractivity (Wildman–Crippen MR) is 74.9 cm³/mol. The van der Waals surface area contributed by atoms with E-state index in [1.807, 2.05) is 18.9 Å². The Morgan fingerprint density at radius 2 is 2.17 bits per heavy atom. The normalized spacial score (nSPS) is 11.6. The van der Waals surface area contributed by atoms with Crippen LogP contribution in [0.2, 0.25) is 0 Å². The third-order valence-electron chi connectivity index (χ3n) is 3.32. The molecule has 0 atom stereocenters. The Morgan fingerprint density at radius 3 is 2.67 bits per heavy atom. The first-order valence-electron chi connectivity index (χ1n) is 6.38. The minimum Gasteiger partial charge on any atom is -0.373 e. The SMILES string of the molecule is CCN(C)c1cnn(CCC(C)(C)CN)c(=O)c1. The van der Waals surface area contributed by atoms with Crippen molar-refractivity contribution >= 4 is 5.69 Å². The van der Waals surface area contributed by atoms with E-state index < -0.39 is 0 Å². The summed E-state index contributed by atoms with van der Waals surface area (Å²) < 4.78 is 1.50. The van der Waals surface area contributed by atoms with Crippen LogP contribution in [0.4, 0.5) is 5.69 Å². The molecule has 102 valence electrons. The highest BCUT2D eigenvalue weighted by atomic mass is 16.1. The van der Waals surface area contributed by atoms with Gasteiger partial charge in [-0.25, -0.2) is 4.68 Å². The molecule has 0 amide bonds. The van der Waals surface area contributed by atoms with Crippen molar-refractivity contribution in [3.8, 4) is 0 Å². The summed E-state index contributed by atoms with van der Waals surface area (Å²) in [6.07, 6.45) is 2.58. The monoisotopic (exact) mass is 252 g/mol. The van der Waals surface area contributed by atoms with Gasteiger partial charge in [0.1, 0.15) is 0 Å². The molecule has 0 aliphatic heterocycles. The number of aryl methyl sites for hydroxylation is 1. The van der Waals surface area contributed by atoms with Crippen LogP contribution in [0.5, 0.6) is 0 Å². The minimum absolute atomic E-state index is 0.0417. The molecule has 0 saturated carbocycles. The standard InChI is InChI=1S/C13H24N4O/c1-5-16(4)11-8-12(18)17(15-9-11)7-6-13(2,3)10-14/h8-9H,5-7,10,14H2,1-4H3. The Morgan fingerprint density at radius 1 is 1.50 bits per heavy atom. The van der Waals surface area contributed by atoms with Crippen molar-refractivity contribution in [2.24, 2.45) is 11.1 Å². The van der Waals surface area contributed by atoms with E-state index in [-0.39, 0.29) is 11.0 Å². The van der Waals surface area contributed by atoms with E-state index in [1.165, 1.54) is 4.68 Å². The Bertz CT molecular complexity index is 439. The van der Waals surface area contributed by atoms with Gasteiger partial charge in [0.2, 0.25) is 0 Å². The fraction of sp³-hybridized carbons (Fsp3) is 0.692. The van der Waals surface area contributed by atoms with Gasteiger partial charge < -0.3 is 10.6 Å².